The van der Waals surface area contributed by atoms with Crippen LogP contribution in [-0.4, -0.2) is 23.1 Å². The van der Waals surface area contributed by atoms with E-state index in [1.807, 2.05) is 6.92 Å². The van der Waals surface area contributed by atoms with Gasteiger partial charge in [-0.05, 0) is 20.3 Å². The summed E-state index contributed by atoms with van der Waals surface area (Å²) in [4.78, 5) is 34.0. The molecule has 2 rings (SSSR count). The highest BCUT2D eigenvalue weighted by molar-refractivity contribution is 6.70. The smallest absolute Gasteiger partial charge is 0.329 e. The summed E-state index contributed by atoms with van der Waals surface area (Å²) in [6.45, 7) is 5.34. The number of esters is 1. The number of carbonyl (C=O) groups is 3. The van der Waals surface area contributed by atoms with Gasteiger partial charge in [-0.3, -0.25) is 14.4 Å². The first-order valence-corrected chi connectivity index (χ1v) is 4.71. The summed E-state index contributed by atoms with van der Waals surface area (Å²) >= 11 is 0. The van der Waals surface area contributed by atoms with Crippen LogP contribution >= 0.6 is 0 Å². The molecule has 0 N–H and O–H groups in total. The van der Waals surface area contributed by atoms with Crippen LogP contribution < -0.4 is 0 Å². The number of carbonyl (C=O) groups excluding carboxylic acids is 3. The molecular weight excluding hydrogens is 184 g/mol. The van der Waals surface area contributed by atoms with E-state index in [1.165, 1.54) is 0 Å². The molecule has 0 bridgehead atoms. The Kier molecular flexibility index (Phi) is 1.50. The fourth-order valence-electron chi connectivity index (χ4n) is 2.60. The van der Waals surface area contributed by atoms with Crippen molar-refractivity contribution in [1.29, 1.82) is 0 Å². The Hall–Kier alpha value is -1.19. The van der Waals surface area contributed by atoms with Gasteiger partial charge in [-0.2, -0.15) is 0 Å². The summed E-state index contributed by atoms with van der Waals surface area (Å²) in [7, 11) is 0. The van der Waals surface area contributed by atoms with Gasteiger partial charge in [0.25, 0.3) is 0 Å². The van der Waals surface area contributed by atoms with E-state index in [9.17, 15) is 14.4 Å². The van der Waals surface area contributed by atoms with Crippen LogP contribution in [0.25, 0.3) is 0 Å². The van der Waals surface area contributed by atoms with E-state index in [2.05, 4.69) is 0 Å². The van der Waals surface area contributed by atoms with Gasteiger partial charge in [-0.25, -0.2) is 0 Å². The zero-order chi connectivity index (χ0) is 10.7. The van der Waals surface area contributed by atoms with Crippen molar-refractivity contribution in [2.45, 2.75) is 32.8 Å². The summed E-state index contributed by atoms with van der Waals surface area (Å²) in [6.07, 6.45) is 0.593. The SMILES string of the molecule is CCC1C(C)(C)OC(=O)C12C(=O)C2=O. The fourth-order valence-corrected chi connectivity index (χ4v) is 2.60. The molecule has 1 saturated heterocycles. The molecular formula is C10H12O4. The van der Waals surface area contributed by atoms with Crippen molar-refractivity contribution in [1.82, 2.24) is 0 Å². The number of rotatable bonds is 1. The third kappa shape index (κ3) is 0.728. The predicted octanol–water partition coefficient (Wildman–Crippen LogP) is 0.486. The summed E-state index contributed by atoms with van der Waals surface area (Å²) in [5, 5.41) is 0. The molecule has 0 amide bonds. The van der Waals surface area contributed by atoms with Crippen LogP contribution in [0.15, 0.2) is 0 Å². The molecule has 1 saturated carbocycles. The number of cyclic esters (lactones) is 1. The van der Waals surface area contributed by atoms with E-state index in [-0.39, 0.29) is 5.92 Å². The summed E-state index contributed by atoms with van der Waals surface area (Å²) in [5.41, 5.74) is -2.12. The maximum Gasteiger partial charge on any atom is 0.329 e. The Labute approximate surface area is 81.6 Å². The second-order valence-electron chi connectivity index (χ2n) is 4.42. The minimum atomic E-state index is -1.42. The van der Waals surface area contributed by atoms with Gasteiger partial charge in [0.1, 0.15) is 5.60 Å². The van der Waals surface area contributed by atoms with Crippen LogP contribution in [0.2, 0.25) is 0 Å². The lowest BCUT2D eigenvalue weighted by molar-refractivity contribution is -0.150. The molecule has 2 aliphatic rings. The van der Waals surface area contributed by atoms with Crippen molar-refractivity contribution in [2.24, 2.45) is 11.3 Å². The largest absolute Gasteiger partial charge is 0.458 e. The quantitative estimate of drug-likeness (QED) is 0.348. The van der Waals surface area contributed by atoms with Gasteiger partial charge in [0, 0.05) is 5.92 Å². The zero-order valence-corrected chi connectivity index (χ0v) is 8.42. The van der Waals surface area contributed by atoms with Crippen molar-refractivity contribution in [3.05, 3.63) is 0 Å². The summed E-state index contributed by atoms with van der Waals surface area (Å²) < 4.78 is 5.09. The number of Topliss-reactive ketones (excluding diaryl/α,β-unsaturated/α-hetero) is 2. The zero-order valence-electron chi connectivity index (χ0n) is 8.42. The van der Waals surface area contributed by atoms with Gasteiger partial charge in [0.2, 0.25) is 17.0 Å². The standard InChI is InChI=1S/C10H12O4/c1-4-5-9(2,3)14-8(13)10(5)6(11)7(10)12/h5H,4H2,1-3H3. The lowest BCUT2D eigenvalue weighted by atomic mass is 9.79. The number of hydrogen-bond acceptors (Lipinski definition) is 4. The first kappa shape index (κ1) is 9.37. The average Bonchev–Trinajstić information content (AvgIpc) is 2.53. The Morgan fingerprint density at radius 2 is 1.71 bits per heavy atom. The highest BCUT2D eigenvalue weighted by Crippen LogP contribution is 2.57. The molecule has 1 aliphatic carbocycles. The maximum absolute atomic E-state index is 11.5. The molecule has 0 aromatic rings. The third-order valence-electron chi connectivity index (χ3n) is 3.31. The Bertz CT molecular complexity index is 339. The molecule has 0 radical (unpaired) electrons. The monoisotopic (exact) mass is 196 g/mol. The number of hydrogen-bond donors (Lipinski definition) is 0. The van der Waals surface area contributed by atoms with Crippen molar-refractivity contribution in [3.8, 4) is 0 Å². The van der Waals surface area contributed by atoms with Gasteiger partial charge < -0.3 is 4.74 Å². The highest BCUT2D eigenvalue weighted by atomic mass is 16.6. The van der Waals surface area contributed by atoms with Gasteiger partial charge in [0.05, 0.1) is 0 Å². The van der Waals surface area contributed by atoms with Gasteiger partial charge in [-0.1, -0.05) is 6.92 Å². The molecule has 1 spiro atoms. The molecule has 2 fully saturated rings. The third-order valence-corrected chi connectivity index (χ3v) is 3.31. The topological polar surface area (TPSA) is 60.4 Å². The molecule has 76 valence electrons. The fraction of sp³-hybridized carbons (Fsp3) is 0.700. The second-order valence-corrected chi connectivity index (χ2v) is 4.42. The average molecular weight is 196 g/mol. The Morgan fingerprint density at radius 1 is 1.21 bits per heavy atom. The van der Waals surface area contributed by atoms with E-state index in [4.69, 9.17) is 4.74 Å². The molecule has 1 unspecified atom stereocenters. The van der Waals surface area contributed by atoms with Crippen LogP contribution in [0.5, 0.6) is 0 Å². The number of ether oxygens (including phenoxy) is 1. The maximum atomic E-state index is 11.5. The van der Waals surface area contributed by atoms with Crippen LogP contribution in [0.3, 0.4) is 0 Å². The normalized spacial score (nSPS) is 32.2. The van der Waals surface area contributed by atoms with Crippen molar-refractivity contribution in [3.63, 3.8) is 0 Å². The Morgan fingerprint density at radius 3 is 2.00 bits per heavy atom. The molecule has 0 aromatic carbocycles. The van der Waals surface area contributed by atoms with Gasteiger partial charge in [0.15, 0.2) is 0 Å². The van der Waals surface area contributed by atoms with Crippen LogP contribution in [0.1, 0.15) is 27.2 Å². The molecule has 4 heteroatoms. The van der Waals surface area contributed by atoms with E-state index in [1.54, 1.807) is 13.8 Å². The first-order valence-electron chi connectivity index (χ1n) is 4.71. The van der Waals surface area contributed by atoms with Crippen molar-refractivity contribution in [2.75, 3.05) is 0 Å². The van der Waals surface area contributed by atoms with Crippen molar-refractivity contribution < 1.29 is 19.1 Å². The molecule has 4 nitrogen and oxygen atoms in total. The Balaban J connectivity index is 2.49. The summed E-state index contributed by atoms with van der Waals surface area (Å²) in [5.74, 6) is -2.09. The molecule has 14 heavy (non-hydrogen) atoms. The highest BCUT2D eigenvalue weighted by Gasteiger charge is 2.81. The van der Waals surface area contributed by atoms with E-state index < -0.39 is 28.6 Å². The van der Waals surface area contributed by atoms with Crippen LogP contribution in [-0.2, 0) is 19.1 Å². The minimum absolute atomic E-state index is 0.303. The lowest BCUT2D eigenvalue weighted by Gasteiger charge is -2.24. The molecule has 1 aliphatic heterocycles. The molecule has 1 heterocycles. The molecule has 0 aromatic heterocycles. The van der Waals surface area contributed by atoms with E-state index >= 15 is 0 Å². The number of ketones is 2. The van der Waals surface area contributed by atoms with Gasteiger partial charge in [-0.15, -0.1) is 0 Å². The van der Waals surface area contributed by atoms with Crippen LogP contribution in [0.4, 0.5) is 0 Å². The van der Waals surface area contributed by atoms with E-state index in [0.717, 1.165) is 0 Å². The molecule has 1 atom stereocenters. The van der Waals surface area contributed by atoms with Gasteiger partial charge >= 0.3 is 5.97 Å². The minimum Gasteiger partial charge on any atom is -0.458 e. The predicted molar refractivity (Wildman–Crippen MR) is 46.4 cm³/mol. The second kappa shape index (κ2) is 2.24. The lowest BCUT2D eigenvalue weighted by Crippen LogP contribution is -2.31. The first-order chi connectivity index (χ1) is 6.39. The van der Waals surface area contributed by atoms with E-state index in [0.29, 0.717) is 6.42 Å². The van der Waals surface area contributed by atoms with Crippen molar-refractivity contribution >= 4 is 17.5 Å². The van der Waals surface area contributed by atoms with Crippen LogP contribution in [0, 0.1) is 11.3 Å². The summed E-state index contributed by atoms with van der Waals surface area (Å²) in [6, 6.07) is 0.